The van der Waals surface area contributed by atoms with Crippen molar-refractivity contribution in [2.75, 3.05) is 23.4 Å². The summed E-state index contributed by atoms with van der Waals surface area (Å²) in [6.45, 7) is 6.16. The maximum Gasteiger partial charge on any atom is 0.251 e. The molecule has 0 saturated carbocycles. The molecule has 9 heteroatoms. The minimum absolute atomic E-state index is 0.156. The van der Waals surface area contributed by atoms with Crippen molar-refractivity contribution in [3.8, 4) is 0 Å². The van der Waals surface area contributed by atoms with E-state index in [-0.39, 0.29) is 18.4 Å². The molecule has 3 N–H and O–H groups in total. The molecule has 1 fully saturated rings. The van der Waals surface area contributed by atoms with Gasteiger partial charge in [-0.25, -0.2) is 4.39 Å². The molecule has 0 bridgehead atoms. The van der Waals surface area contributed by atoms with Gasteiger partial charge in [0.25, 0.3) is 5.91 Å². The Morgan fingerprint density at radius 2 is 1.81 bits per heavy atom. The van der Waals surface area contributed by atoms with Gasteiger partial charge in [-0.1, -0.05) is 20.8 Å². The largest absolute Gasteiger partial charge is 0.324 e. The van der Waals surface area contributed by atoms with Gasteiger partial charge in [0, 0.05) is 18.2 Å². The van der Waals surface area contributed by atoms with Gasteiger partial charge in [-0.2, -0.15) is 24.4 Å². The minimum atomic E-state index is -0.860. The van der Waals surface area contributed by atoms with E-state index in [0.717, 1.165) is 0 Å². The monoisotopic (exact) mass is 415 g/mol. The molecule has 0 unspecified atom stereocenters. The molecule has 3 amide bonds. The van der Waals surface area contributed by atoms with Crippen LogP contribution in [-0.4, -0.2) is 41.1 Å². The van der Waals surface area contributed by atoms with Crippen molar-refractivity contribution in [3.63, 3.8) is 0 Å². The third-order valence-electron chi connectivity index (χ3n) is 3.90. The van der Waals surface area contributed by atoms with Gasteiger partial charge in [0.2, 0.25) is 11.8 Å². The standard InChI is InChI=1S/C14H16FN3O3S.C4H10S/c1-7-10(12(20)18-11(7)19)6-16-14(22)13(21)17-9-4-2-8(15)3-5-9;1-3-5-4-2/h2-5,7,10,14,16,22H,6H2,1H3,(H,17,21)(H,18,19,20);3-4H2,1-2H3/t7-,10+,14+;/m0./s1. The molecule has 27 heavy (non-hydrogen) atoms. The highest BCUT2D eigenvalue weighted by molar-refractivity contribution is 7.99. The van der Waals surface area contributed by atoms with Gasteiger partial charge in [-0.05, 0) is 35.8 Å². The zero-order valence-electron chi connectivity index (χ0n) is 15.6. The molecule has 150 valence electrons. The fraction of sp³-hybridized carbons (Fsp3) is 0.500. The third-order valence-corrected chi connectivity index (χ3v) is 5.13. The molecule has 6 nitrogen and oxygen atoms in total. The summed E-state index contributed by atoms with van der Waals surface area (Å²) >= 11 is 6.08. The smallest absolute Gasteiger partial charge is 0.251 e. The highest BCUT2D eigenvalue weighted by atomic mass is 32.2. The summed E-state index contributed by atoms with van der Waals surface area (Å²) in [4.78, 5) is 34.8. The van der Waals surface area contributed by atoms with Crippen LogP contribution in [0.25, 0.3) is 0 Å². The van der Waals surface area contributed by atoms with Crippen LogP contribution in [0.4, 0.5) is 10.1 Å². The SMILES string of the molecule is CCSCC.C[C@@H]1C(=O)NC(=O)[C@@H]1CN[C@H](S)C(=O)Nc1ccc(F)cc1. The van der Waals surface area contributed by atoms with Crippen LogP contribution in [0.2, 0.25) is 0 Å². The first-order chi connectivity index (χ1) is 12.8. The number of anilines is 1. The van der Waals surface area contributed by atoms with E-state index in [1.165, 1.54) is 35.8 Å². The highest BCUT2D eigenvalue weighted by Gasteiger charge is 2.38. The lowest BCUT2D eigenvalue weighted by Crippen LogP contribution is -2.41. The molecule has 1 heterocycles. The predicted octanol–water partition coefficient (Wildman–Crippen LogP) is 2.28. The summed E-state index contributed by atoms with van der Waals surface area (Å²) in [6, 6.07) is 5.32. The van der Waals surface area contributed by atoms with E-state index in [4.69, 9.17) is 0 Å². The van der Waals surface area contributed by atoms with E-state index in [1.807, 2.05) is 11.8 Å². The molecule has 1 saturated heterocycles. The summed E-state index contributed by atoms with van der Waals surface area (Å²) in [7, 11) is 0. The van der Waals surface area contributed by atoms with Gasteiger partial charge in [-0.3, -0.25) is 25.0 Å². The summed E-state index contributed by atoms with van der Waals surface area (Å²) in [5.74, 6) is 0.0403. The van der Waals surface area contributed by atoms with Crippen LogP contribution >= 0.6 is 24.4 Å². The Bertz CT molecular complexity index is 641. The molecule has 2 rings (SSSR count). The van der Waals surface area contributed by atoms with Crippen LogP contribution in [0.3, 0.4) is 0 Å². The fourth-order valence-electron chi connectivity index (χ4n) is 2.29. The number of benzene rings is 1. The van der Waals surface area contributed by atoms with Gasteiger partial charge < -0.3 is 5.32 Å². The number of amides is 3. The maximum absolute atomic E-state index is 12.8. The third kappa shape index (κ3) is 7.90. The minimum Gasteiger partial charge on any atom is -0.324 e. The molecular weight excluding hydrogens is 389 g/mol. The molecular formula is C18H26FN3O3S2. The number of hydrogen-bond donors (Lipinski definition) is 4. The molecule has 3 atom stereocenters. The second-order valence-corrected chi connectivity index (χ2v) is 7.92. The summed E-state index contributed by atoms with van der Waals surface area (Å²) in [5, 5.41) is 6.74. The zero-order valence-corrected chi connectivity index (χ0v) is 17.3. The zero-order chi connectivity index (χ0) is 20.4. The first-order valence-corrected chi connectivity index (χ1v) is 10.4. The number of carbonyl (C=O) groups excluding carboxylic acids is 3. The number of nitrogens with one attached hydrogen (secondary N) is 3. The lowest BCUT2D eigenvalue weighted by molar-refractivity contribution is -0.126. The highest BCUT2D eigenvalue weighted by Crippen LogP contribution is 2.18. The van der Waals surface area contributed by atoms with Crippen molar-refractivity contribution in [1.82, 2.24) is 10.6 Å². The average Bonchev–Trinajstić information content (AvgIpc) is 2.88. The van der Waals surface area contributed by atoms with Crippen LogP contribution in [0.15, 0.2) is 24.3 Å². The van der Waals surface area contributed by atoms with E-state index in [2.05, 4.69) is 42.4 Å². The molecule has 1 aromatic rings. The lowest BCUT2D eigenvalue weighted by Gasteiger charge is -2.17. The predicted molar refractivity (Wildman–Crippen MR) is 110 cm³/mol. The van der Waals surface area contributed by atoms with Crippen molar-refractivity contribution in [2.45, 2.75) is 26.1 Å². The van der Waals surface area contributed by atoms with E-state index in [1.54, 1.807) is 6.92 Å². The molecule has 0 aromatic heterocycles. The Morgan fingerprint density at radius 3 is 2.26 bits per heavy atom. The summed E-state index contributed by atoms with van der Waals surface area (Å²) in [5.41, 5.74) is 0.439. The fourth-order valence-corrected chi connectivity index (χ4v) is 2.86. The average molecular weight is 416 g/mol. The Balaban J connectivity index is 0.000000646. The second kappa shape index (κ2) is 12.0. The van der Waals surface area contributed by atoms with Gasteiger partial charge in [-0.15, -0.1) is 0 Å². The van der Waals surface area contributed by atoms with Gasteiger partial charge in [0.1, 0.15) is 11.2 Å². The Kier molecular flexibility index (Phi) is 10.4. The van der Waals surface area contributed by atoms with Gasteiger partial charge in [0.15, 0.2) is 0 Å². The first kappa shape index (κ1) is 23.5. The Labute approximate surface area is 168 Å². The maximum atomic E-state index is 12.8. The van der Waals surface area contributed by atoms with Crippen LogP contribution in [0, 0.1) is 17.7 Å². The van der Waals surface area contributed by atoms with Crippen LogP contribution in [-0.2, 0) is 14.4 Å². The number of halogens is 1. The molecule has 1 aliphatic heterocycles. The van der Waals surface area contributed by atoms with Crippen LogP contribution < -0.4 is 16.0 Å². The summed E-state index contributed by atoms with van der Waals surface area (Å²) in [6.07, 6.45) is 0. The summed E-state index contributed by atoms with van der Waals surface area (Å²) < 4.78 is 12.8. The van der Waals surface area contributed by atoms with Crippen molar-refractivity contribution in [1.29, 1.82) is 0 Å². The van der Waals surface area contributed by atoms with Gasteiger partial charge >= 0.3 is 0 Å². The quantitative estimate of drug-likeness (QED) is 0.312. The number of carbonyl (C=O) groups is 3. The molecule has 1 aliphatic rings. The van der Waals surface area contributed by atoms with E-state index in [0.29, 0.717) is 5.69 Å². The number of imide groups is 1. The van der Waals surface area contributed by atoms with Crippen LogP contribution in [0.5, 0.6) is 0 Å². The molecule has 0 radical (unpaired) electrons. The number of rotatable bonds is 7. The Morgan fingerprint density at radius 1 is 1.22 bits per heavy atom. The van der Waals surface area contributed by atoms with Crippen molar-refractivity contribution in [2.24, 2.45) is 11.8 Å². The van der Waals surface area contributed by atoms with E-state index >= 15 is 0 Å². The Hall–Kier alpha value is -1.58. The van der Waals surface area contributed by atoms with Crippen molar-refractivity contribution < 1.29 is 18.8 Å². The van der Waals surface area contributed by atoms with Crippen molar-refractivity contribution in [3.05, 3.63) is 30.1 Å². The van der Waals surface area contributed by atoms with E-state index in [9.17, 15) is 18.8 Å². The number of thiol groups is 1. The topological polar surface area (TPSA) is 87.3 Å². The molecule has 0 spiro atoms. The second-order valence-electron chi connectivity index (χ2n) is 5.84. The van der Waals surface area contributed by atoms with E-state index < -0.39 is 28.9 Å². The van der Waals surface area contributed by atoms with Crippen LogP contribution in [0.1, 0.15) is 20.8 Å². The van der Waals surface area contributed by atoms with Gasteiger partial charge in [0.05, 0.1) is 5.92 Å². The number of hydrogen-bond acceptors (Lipinski definition) is 6. The first-order valence-electron chi connectivity index (χ1n) is 8.70. The number of thioether (sulfide) groups is 1. The lowest BCUT2D eigenvalue weighted by atomic mass is 9.97. The van der Waals surface area contributed by atoms with Crippen molar-refractivity contribution >= 4 is 47.8 Å². The molecule has 0 aliphatic carbocycles. The normalized spacial score (nSPS) is 19.7. The molecule has 1 aromatic carbocycles.